The molecular weight excluding hydrogens is 266 g/mol. The van der Waals surface area contributed by atoms with Crippen molar-refractivity contribution in [2.75, 3.05) is 6.54 Å². The van der Waals surface area contributed by atoms with E-state index in [0.717, 1.165) is 22.1 Å². The molecule has 1 aromatic carbocycles. The highest BCUT2D eigenvalue weighted by Gasteiger charge is 2.05. The van der Waals surface area contributed by atoms with Crippen LogP contribution in [0, 0.1) is 6.92 Å². The maximum absolute atomic E-state index is 5.61. The Balaban J connectivity index is 2.48. The lowest BCUT2D eigenvalue weighted by Gasteiger charge is -2.09. The van der Waals surface area contributed by atoms with Crippen LogP contribution in [0.25, 0.3) is 5.69 Å². The van der Waals surface area contributed by atoms with Gasteiger partial charge in [-0.1, -0.05) is 22.0 Å². The molecule has 0 fully saturated rings. The van der Waals surface area contributed by atoms with Crippen LogP contribution >= 0.6 is 15.9 Å². The monoisotopic (exact) mass is 279 g/mol. The van der Waals surface area contributed by atoms with Crippen molar-refractivity contribution in [1.82, 2.24) is 9.78 Å². The van der Waals surface area contributed by atoms with Crippen molar-refractivity contribution in [3.63, 3.8) is 0 Å². The fourth-order valence-electron chi connectivity index (χ4n) is 1.66. The summed E-state index contributed by atoms with van der Waals surface area (Å²) in [6.07, 6.45) is 4.73. The van der Waals surface area contributed by atoms with E-state index in [-0.39, 0.29) is 0 Å². The lowest BCUT2D eigenvalue weighted by atomic mass is 10.1. The van der Waals surface area contributed by atoms with Crippen LogP contribution in [0.15, 0.2) is 35.1 Å². The third-order valence-electron chi connectivity index (χ3n) is 2.42. The molecule has 3 nitrogen and oxygen atoms in total. The molecule has 2 N–H and O–H groups in total. The van der Waals surface area contributed by atoms with Gasteiger partial charge < -0.3 is 5.73 Å². The van der Waals surface area contributed by atoms with Crippen molar-refractivity contribution in [2.24, 2.45) is 5.73 Å². The zero-order valence-corrected chi connectivity index (χ0v) is 10.7. The minimum absolute atomic E-state index is 0.648. The normalized spacial score (nSPS) is 10.7. The van der Waals surface area contributed by atoms with E-state index in [2.05, 4.69) is 33.2 Å². The Morgan fingerprint density at radius 1 is 1.44 bits per heavy atom. The van der Waals surface area contributed by atoms with Crippen LogP contribution in [0.2, 0.25) is 0 Å². The van der Waals surface area contributed by atoms with Crippen molar-refractivity contribution in [3.8, 4) is 5.69 Å². The van der Waals surface area contributed by atoms with Gasteiger partial charge in [-0.15, -0.1) is 0 Å². The van der Waals surface area contributed by atoms with Gasteiger partial charge in [0.25, 0.3) is 0 Å². The first-order valence-corrected chi connectivity index (χ1v) is 6.00. The van der Waals surface area contributed by atoms with E-state index in [9.17, 15) is 0 Å². The minimum atomic E-state index is 0.648. The van der Waals surface area contributed by atoms with Gasteiger partial charge in [0.1, 0.15) is 0 Å². The third kappa shape index (κ3) is 2.33. The van der Waals surface area contributed by atoms with Crippen LogP contribution in [-0.2, 0) is 6.42 Å². The fourth-order valence-corrected chi connectivity index (χ4v) is 2.01. The summed E-state index contributed by atoms with van der Waals surface area (Å²) in [6, 6.07) is 6.19. The van der Waals surface area contributed by atoms with Crippen LogP contribution in [0.5, 0.6) is 0 Å². The third-order valence-corrected chi connectivity index (χ3v) is 2.91. The van der Waals surface area contributed by atoms with Crippen LogP contribution in [0.3, 0.4) is 0 Å². The predicted octanol–water partition coefficient (Wildman–Crippen LogP) is 2.44. The summed E-state index contributed by atoms with van der Waals surface area (Å²) in [5, 5.41) is 4.33. The van der Waals surface area contributed by atoms with Crippen molar-refractivity contribution < 1.29 is 0 Å². The molecule has 0 saturated heterocycles. The second kappa shape index (κ2) is 4.80. The van der Waals surface area contributed by atoms with Gasteiger partial charge in [-0.05, 0) is 43.1 Å². The quantitative estimate of drug-likeness (QED) is 0.938. The zero-order chi connectivity index (χ0) is 11.5. The standard InChI is InChI=1S/C12H14BrN3/c1-9-7-15-16(8-9)12-6-11(13)3-2-10(12)4-5-14/h2-3,6-8H,4-5,14H2,1H3. The van der Waals surface area contributed by atoms with Crippen molar-refractivity contribution in [3.05, 3.63) is 46.2 Å². The maximum atomic E-state index is 5.61. The van der Waals surface area contributed by atoms with E-state index in [1.165, 1.54) is 5.56 Å². The highest BCUT2D eigenvalue weighted by molar-refractivity contribution is 9.10. The number of hydrogen-bond acceptors (Lipinski definition) is 2. The molecule has 2 aromatic rings. The molecule has 0 unspecified atom stereocenters. The Morgan fingerprint density at radius 2 is 2.25 bits per heavy atom. The van der Waals surface area contributed by atoms with Crippen molar-refractivity contribution >= 4 is 15.9 Å². The van der Waals surface area contributed by atoms with Gasteiger partial charge >= 0.3 is 0 Å². The summed E-state index contributed by atoms with van der Waals surface area (Å²) in [6.45, 7) is 2.68. The highest BCUT2D eigenvalue weighted by atomic mass is 79.9. The maximum Gasteiger partial charge on any atom is 0.0689 e. The summed E-state index contributed by atoms with van der Waals surface area (Å²) >= 11 is 3.48. The number of hydrogen-bond donors (Lipinski definition) is 1. The summed E-state index contributed by atoms with van der Waals surface area (Å²) in [5.74, 6) is 0. The molecule has 0 radical (unpaired) electrons. The van der Waals surface area contributed by atoms with Crippen molar-refractivity contribution in [2.45, 2.75) is 13.3 Å². The van der Waals surface area contributed by atoms with E-state index in [1.807, 2.05) is 30.1 Å². The second-order valence-corrected chi connectivity index (χ2v) is 4.69. The van der Waals surface area contributed by atoms with E-state index in [1.54, 1.807) is 0 Å². The first-order valence-electron chi connectivity index (χ1n) is 5.21. The molecule has 1 aromatic heterocycles. The molecule has 0 aliphatic heterocycles. The van der Waals surface area contributed by atoms with E-state index in [0.29, 0.717) is 6.54 Å². The van der Waals surface area contributed by atoms with Gasteiger partial charge in [0.05, 0.1) is 11.9 Å². The van der Waals surface area contributed by atoms with E-state index >= 15 is 0 Å². The molecule has 0 aliphatic carbocycles. The van der Waals surface area contributed by atoms with Gasteiger partial charge in [0.15, 0.2) is 0 Å². The molecule has 0 atom stereocenters. The van der Waals surface area contributed by atoms with Gasteiger partial charge in [-0.2, -0.15) is 5.10 Å². The number of aromatic nitrogens is 2. The average molecular weight is 280 g/mol. The largest absolute Gasteiger partial charge is 0.330 e. The fraction of sp³-hybridized carbons (Fsp3) is 0.250. The SMILES string of the molecule is Cc1cnn(-c2cc(Br)ccc2CCN)c1. The molecule has 84 valence electrons. The van der Waals surface area contributed by atoms with Crippen LogP contribution in [-0.4, -0.2) is 16.3 Å². The Morgan fingerprint density at radius 3 is 2.88 bits per heavy atom. The molecular formula is C12H14BrN3. The number of rotatable bonds is 3. The zero-order valence-electron chi connectivity index (χ0n) is 9.15. The van der Waals surface area contributed by atoms with E-state index < -0.39 is 0 Å². The topological polar surface area (TPSA) is 43.8 Å². The summed E-state index contributed by atoms with van der Waals surface area (Å²) in [4.78, 5) is 0. The van der Waals surface area contributed by atoms with E-state index in [4.69, 9.17) is 5.73 Å². The number of halogens is 1. The smallest absolute Gasteiger partial charge is 0.0689 e. The molecule has 2 rings (SSSR count). The Kier molecular flexibility index (Phi) is 3.41. The van der Waals surface area contributed by atoms with Crippen molar-refractivity contribution in [1.29, 1.82) is 0 Å². The van der Waals surface area contributed by atoms with Gasteiger partial charge in [-0.25, -0.2) is 4.68 Å². The van der Waals surface area contributed by atoms with Crippen LogP contribution in [0.4, 0.5) is 0 Å². The first-order chi connectivity index (χ1) is 7.70. The first kappa shape index (κ1) is 11.4. The Labute approximate surface area is 103 Å². The number of nitrogens with zero attached hydrogens (tertiary/aromatic N) is 2. The number of aryl methyl sites for hydroxylation is 1. The molecule has 1 heterocycles. The molecule has 0 aliphatic rings. The Hall–Kier alpha value is -1.13. The predicted molar refractivity (Wildman–Crippen MR) is 68.8 cm³/mol. The van der Waals surface area contributed by atoms with Crippen LogP contribution in [0.1, 0.15) is 11.1 Å². The highest BCUT2D eigenvalue weighted by Crippen LogP contribution is 2.20. The summed E-state index contributed by atoms with van der Waals surface area (Å²) < 4.78 is 2.95. The molecule has 0 saturated carbocycles. The Bertz CT molecular complexity index is 491. The lowest BCUT2D eigenvalue weighted by Crippen LogP contribution is -2.07. The molecule has 4 heteroatoms. The summed E-state index contributed by atoms with van der Waals surface area (Å²) in [7, 11) is 0. The van der Waals surface area contributed by atoms with Crippen LogP contribution < -0.4 is 5.73 Å². The average Bonchev–Trinajstić information content (AvgIpc) is 2.68. The molecule has 0 spiro atoms. The molecule has 0 amide bonds. The second-order valence-electron chi connectivity index (χ2n) is 3.77. The molecule has 16 heavy (non-hydrogen) atoms. The van der Waals surface area contributed by atoms with Gasteiger partial charge in [-0.3, -0.25) is 0 Å². The number of benzene rings is 1. The lowest BCUT2D eigenvalue weighted by molar-refractivity contribution is 0.849. The van der Waals surface area contributed by atoms with Gasteiger partial charge in [0.2, 0.25) is 0 Å². The number of nitrogens with two attached hydrogens (primary N) is 1. The minimum Gasteiger partial charge on any atom is -0.330 e. The van der Waals surface area contributed by atoms with Gasteiger partial charge in [0, 0.05) is 10.7 Å². The molecule has 0 bridgehead atoms. The summed E-state index contributed by atoms with van der Waals surface area (Å²) in [5.41, 5.74) is 9.07.